The van der Waals surface area contributed by atoms with E-state index in [1.54, 1.807) is 0 Å². The van der Waals surface area contributed by atoms with Gasteiger partial charge in [0.1, 0.15) is 0 Å². The Kier molecular flexibility index (Phi) is 8.26. The van der Waals surface area contributed by atoms with E-state index < -0.39 is 5.41 Å². The van der Waals surface area contributed by atoms with E-state index in [-0.39, 0.29) is 5.91 Å². The minimum absolute atomic E-state index is 0.0790. The molecule has 0 saturated heterocycles. The second kappa shape index (κ2) is 8.54. The molecular weight excluding hydrogens is 238 g/mol. The van der Waals surface area contributed by atoms with Crippen LogP contribution >= 0.6 is 0 Å². The van der Waals surface area contributed by atoms with E-state index >= 15 is 0 Å². The van der Waals surface area contributed by atoms with Crippen molar-refractivity contribution in [1.29, 1.82) is 0 Å². The maximum Gasteiger partial charge on any atom is 0.227 e. The molecule has 0 aromatic rings. The molecule has 0 heterocycles. The molecule has 19 heavy (non-hydrogen) atoms. The van der Waals surface area contributed by atoms with Crippen molar-refractivity contribution in [2.24, 2.45) is 17.1 Å². The number of nitrogens with one attached hydrogen (secondary N) is 1. The van der Waals surface area contributed by atoms with E-state index in [4.69, 9.17) is 5.73 Å². The molecular formula is C15H33N3O. The van der Waals surface area contributed by atoms with Crippen molar-refractivity contribution in [3.63, 3.8) is 0 Å². The fourth-order valence-corrected chi connectivity index (χ4v) is 2.41. The van der Waals surface area contributed by atoms with Crippen molar-refractivity contribution < 1.29 is 4.79 Å². The number of hydrogen-bond acceptors (Lipinski definition) is 3. The summed E-state index contributed by atoms with van der Waals surface area (Å²) in [6.45, 7) is 9.46. The summed E-state index contributed by atoms with van der Waals surface area (Å²) in [6, 6.07) is 0.387. The van der Waals surface area contributed by atoms with Crippen molar-refractivity contribution in [1.82, 2.24) is 10.2 Å². The lowest BCUT2D eigenvalue weighted by atomic mass is 9.86. The highest BCUT2D eigenvalue weighted by atomic mass is 16.2. The second-order valence-electron chi connectivity index (χ2n) is 5.94. The Balaban J connectivity index is 4.60. The molecule has 0 rings (SSSR count). The number of rotatable bonds is 9. The fraction of sp³-hybridized carbons (Fsp3) is 0.933. The normalized spacial score (nSPS) is 16.5. The van der Waals surface area contributed by atoms with Crippen LogP contribution in [0.5, 0.6) is 0 Å². The Morgan fingerprint density at radius 2 is 1.79 bits per heavy atom. The van der Waals surface area contributed by atoms with Crippen molar-refractivity contribution in [2.75, 3.05) is 27.2 Å². The zero-order chi connectivity index (χ0) is 15.1. The van der Waals surface area contributed by atoms with Gasteiger partial charge in [-0.2, -0.15) is 0 Å². The molecule has 0 aromatic heterocycles. The predicted molar refractivity (Wildman–Crippen MR) is 82.0 cm³/mol. The number of amides is 1. The van der Waals surface area contributed by atoms with Crippen LogP contribution in [0.2, 0.25) is 0 Å². The molecule has 0 saturated carbocycles. The molecule has 1 amide bonds. The van der Waals surface area contributed by atoms with Crippen molar-refractivity contribution in [2.45, 2.75) is 53.0 Å². The predicted octanol–water partition coefficient (Wildman–Crippen LogP) is 1.84. The molecule has 3 N–H and O–H groups in total. The maximum atomic E-state index is 12.2. The van der Waals surface area contributed by atoms with Gasteiger partial charge >= 0.3 is 0 Å². The van der Waals surface area contributed by atoms with Gasteiger partial charge in [-0.1, -0.05) is 33.6 Å². The summed E-state index contributed by atoms with van der Waals surface area (Å²) in [5, 5.41) is 3.10. The van der Waals surface area contributed by atoms with E-state index in [2.05, 4.69) is 38.2 Å². The van der Waals surface area contributed by atoms with Gasteiger partial charge < -0.3 is 16.0 Å². The van der Waals surface area contributed by atoms with Gasteiger partial charge in [0.2, 0.25) is 5.91 Å². The molecule has 0 aliphatic carbocycles. The van der Waals surface area contributed by atoms with Crippen LogP contribution in [-0.4, -0.2) is 44.0 Å². The van der Waals surface area contributed by atoms with Gasteiger partial charge in [0.25, 0.3) is 0 Å². The van der Waals surface area contributed by atoms with Crippen LogP contribution < -0.4 is 11.1 Å². The summed E-state index contributed by atoms with van der Waals surface area (Å²) in [5.74, 6) is 0.691. The Hall–Kier alpha value is -0.610. The second-order valence-corrected chi connectivity index (χ2v) is 5.94. The van der Waals surface area contributed by atoms with E-state index in [9.17, 15) is 4.79 Å². The van der Waals surface area contributed by atoms with Crippen LogP contribution in [0.15, 0.2) is 0 Å². The monoisotopic (exact) mass is 271 g/mol. The molecule has 0 fully saturated rings. The van der Waals surface area contributed by atoms with Gasteiger partial charge in [-0.3, -0.25) is 4.79 Å². The molecule has 2 unspecified atom stereocenters. The Bertz CT molecular complexity index is 258. The summed E-state index contributed by atoms with van der Waals surface area (Å²) in [7, 11) is 4.16. The third kappa shape index (κ3) is 5.11. The maximum absolute atomic E-state index is 12.2. The number of hydrogen-bond donors (Lipinski definition) is 2. The zero-order valence-electron chi connectivity index (χ0n) is 13.6. The van der Waals surface area contributed by atoms with Gasteiger partial charge in [-0.25, -0.2) is 0 Å². The van der Waals surface area contributed by atoms with Crippen molar-refractivity contribution in [3.8, 4) is 0 Å². The van der Waals surface area contributed by atoms with Crippen molar-refractivity contribution >= 4 is 5.91 Å². The third-order valence-electron chi connectivity index (χ3n) is 4.51. The lowest BCUT2D eigenvalue weighted by molar-refractivity contribution is -0.130. The summed E-state index contributed by atoms with van der Waals surface area (Å²) < 4.78 is 0. The Morgan fingerprint density at radius 3 is 2.11 bits per heavy atom. The molecule has 114 valence electrons. The molecule has 2 atom stereocenters. The third-order valence-corrected chi connectivity index (χ3v) is 4.51. The minimum atomic E-state index is -0.440. The standard InChI is InChI=1S/C15H33N3O/c1-7-12(8-2)13(18(5)6)10-17-14(19)15(4,9-3)11-16/h12-13H,7-11,16H2,1-6H3,(H,17,19). The van der Waals surface area contributed by atoms with Crippen LogP contribution in [0.1, 0.15) is 47.0 Å². The molecule has 0 radical (unpaired) electrons. The van der Waals surface area contributed by atoms with Gasteiger partial charge in [0, 0.05) is 19.1 Å². The SMILES string of the molecule is CCC(CC)C(CNC(=O)C(C)(CC)CN)N(C)C. The lowest BCUT2D eigenvalue weighted by Crippen LogP contribution is -2.50. The average Bonchev–Trinajstić information content (AvgIpc) is 2.41. The number of carbonyl (C=O) groups excluding carboxylic acids is 1. The van der Waals surface area contributed by atoms with Crippen molar-refractivity contribution in [3.05, 3.63) is 0 Å². The van der Waals surface area contributed by atoms with E-state index in [1.165, 1.54) is 0 Å². The minimum Gasteiger partial charge on any atom is -0.354 e. The molecule has 4 heteroatoms. The highest BCUT2D eigenvalue weighted by molar-refractivity contribution is 5.82. The molecule has 0 spiro atoms. The van der Waals surface area contributed by atoms with E-state index in [0.29, 0.717) is 25.0 Å². The molecule has 0 aliphatic rings. The van der Waals surface area contributed by atoms with Crippen LogP contribution in [0.4, 0.5) is 0 Å². The molecule has 0 bridgehead atoms. The average molecular weight is 271 g/mol. The lowest BCUT2D eigenvalue weighted by Gasteiger charge is -2.33. The van der Waals surface area contributed by atoms with Gasteiger partial charge in [0.05, 0.1) is 5.41 Å². The van der Waals surface area contributed by atoms with Gasteiger partial charge in [-0.05, 0) is 33.4 Å². The van der Waals surface area contributed by atoms with E-state index in [1.807, 2.05) is 13.8 Å². The fourth-order valence-electron chi connectivity index (χ4n) is 2.41. The summed E-state index contributed by atoms with van der Waals surface area (Å²) in [6.07, 6.45) is 3.04. The summed E-state index contributed by atoms with van der Waals surface area (Å²) >= 11 is 0. The first-order chi connectivity index (χ1) is 8.86. The topological polar surface area (TPSA) is 58.4 Å². The summed E-state index contributed by atoms with van der Waals surface area (Å²) in [5.41, 5.74) is 5.29. The first-order valence-electron chi connectivity index (χ1n) is 7.51. The molecule has 0 aromatic carbocycles. The van der Waals surface area contributed by atoms with Crippen LogP contribution in [-0.2, 0) is 4.79 Å². The number of nitrogens with zero attached hydrogens (tertiary/aromatic N) is 1. The first kappa shape index (κ1) is 18.4. The van der Waals surface area contributed by atoms with E-state index in [0.717, 1.165) is 19.3 Å². The molecule has 4 nitrogen and oxygen atoms in total. The largest absolute Gasteiger partial charge is 0.354 e. The quantitative estimate of drug-likeness (QED) is 0.673. The number of nitrogens with two attached hydrogens (primary N) is 1. The van der Waals surface area contributed by atoms with Crippen LogP contribution in [0, 0.1) is 11.3 Å². The number of likely N-dealkylation sites (N-methyl/N-ethyl adjacent to an activating group) is 1. The Labute approximate surface area is 119 Å². The van der Waals surface area contributed by atoms with Crippen LogP contribution in [0.25, 0.3) is 0 Å². The highest BCUT2D eigenvalue weighted by Gasteiger charge is 2.30. The summed E-state index contributed by atoms with van der Waals surface area (Å²) in [4.78, 5) is 14.5. The van der Waals surface area contributed by atoms with Crippen LogP contribution in [0.3, 0.4) is 0 Å². The van der Waals surface area contributed by atoms with Gasteiger partial charge in [-0.15, -0.1) is 0 Å². The zero-order valence-corrected chi connectivity index (χ0v) is 13.6. The first-order valence-corrected chi connectivity index (χ1v) is 7.51. The highest BCUT2D eigenvalue weighted by Crippen LogP contribution is 2.20. The number of carbonyl (C=O) groups is 1. The molecule has 0 aliphatic heterocycles. The Morgan fingerprint density at radius 1 is 1.26 bits per heavy atom. The van der Waals surface area contributed by atoms with Gasteiger partial charge in [0.15, 0.2) is 0 Å². The smallest absolute Gasteiger partial charge is 0.227 e.